The number of hydrogen-bond acceptors (Lipinski definition) is 5. The van der Waals surface area contributed by atoms with E-state index in [1.165, 1.54) is 0 Å². The molecule has 0 radical (unpaired) electrons. The zero-order valence-electron chi connectivity index (χ0n) is 14.2. The van der Waals surface area contributed by atoms with Crippen LogP contribution in [0.5, 0.6) is 0 Å². The molecule has 7 nitrogen and oxygen atoms in total. The van der Waals surface area contributed by atoms with Crippen LogP contribution in [0.1, 0.15) is 17.3 Å². The standard InChI is InChI=1S/C18H20N4O3/c1-3-25-17(23)13-7-4-5-8-14(13)20-18(24)22-12-11-21(2)16-15(22)9-6-10-19-16/h4-10H,3,11-12H2,1-2H3,(H,20,24). The second-order valence-corrected chi connectivity index (χ2v) is 5.62. The number of carbonyl (C=O) groups excluding carboxylic acids is 2. The normalized spacial score (nSPS) is 13.2. The maximum absolute atomic E-state index is 12.8. The van der Waals surface area contributed by atoms with Gasteiger partial charge in [-0.2, -0.15) is 0 Å². The van der Waals surface area contributed by atoms with Crippen LogP contribution in [-0.4, -0.2) is 43.7 Å². The van der Waals surface area contributed by atoms with Gasteiger partial charge in [-0.3, -0.25) is 4.90 Å². The van der Waals surface area contributed by atoms with Crippen LogP contribution in [0.2, 0.25) is 0 Å². The average Bonchev–Trinajstić information content (AvgIpc) is 2.63. The van der Waals surface area contributed by atoms with Gasteiger partial charge in [-0.25, -0.2) is 14.6 Å². The number of rotatable bonds is 3. The van der Waals surface area contributed by atoms with E-state index in [1.54, 1.807) is 48.4 Å². The van der Waals surface area contributed by atoms with Gasteiger partial charge >= 0.3 is 12.0 Å². The van der Waals surface area contributed by atoms with Gasteiger partial charge in [-0.05, 0) is 31.2 Å². The first kappa shape index (κ1) is 16.8. The molecular weight excluding hydrogens is 320 g/mol. The Hall–Kier alpha value is -3.09. The molecule has 0 spiro atoms. The maximum atomic E-state index is 12.8. The Morgan fingerprint density at radius 1 is 1.20 bits per heavy atom. The number of likely N-dealkylation sites (N-methyl/N-ethyl adjacent to an activating group) is 1. The van der Waals surface area contributed by atoms with Crippen molar-refractivity contribution in [1.82, 2.24) is 4.98 Å². The molecule has 2 aromatic rings. The Morgan fingerprint density at radius 3 is 2.80 bits per heavy atom. The number of ether oxygens (including phenoxy) is 1. The molecule has 0 aliphatic carbocycles. The second-order valence-electron chi connectivity index (χ2n) is 5.62. The summed E-state index contributed by atoms with van der Waals surface area (Å²) in [6, 6.07) is 10.2. The van der Waals surface area contributed by atoms with Crippen molar-refractivity contribution in [2.24, 2.45) is 0 Å². The molecule has 0 fully saturated rings. The van der Waals surface area contributed by atoms with Crippen LogP contribution in [0, 0.1) is 0 Å². The van der Waals surface area contributed by atoms with Gasteiger partial charge in [-0.1, -0.05) is 12.1 Å². The monoisotopic (exact) mass is 340 g/mol. The van der Waals surface area contributed by atoms with Gasteiger partial charge in [0.25, 0.3) is 0 Å². The average molecular weight is 340 g/mol. The van der Waals surface area contributed by atoms with Crippen LogP contribution in [0.15, 0.2) is 42.6 Å². The third-order valence-electron chi connectivity index (χ3n) is 3.99. The first-order valence-corrected chi connectivity index (χ1v) is 8.12. The molecule has 1 aliphatic heterocycles. The highest BCUT2D eigenvalue weighted by Crippen LogP contribution is 2.30. The highest BCUT2D eigenvalue weighted by Gasteiger charge is 2.26. The molecular formula is C18H20N4O3. The van der Waals surface area contributed by atoms with E-state index in [0.29, 0.717) is 24.3 Å². The summed E-state index contributed by atoms with van der Waals surface area (Å²) in [6.07, 6.45) is 1.70. The SMILES string of the molecule is CCOC(=O)c1ccccc1NC(=O)N1CCN(C)c2ncccc21. The molecule has 1 aromatic carbocycles. The predicted molar refractivity (Wildman–Crippen MR) is 96.3 cm³/mol. The lowest BCUT2D eigenvalue weighted by molar-refractivity contribution is 0.0527. The number of aromatic nitrogens is 1. The summed E-state index contributed by atoms with van der Waals surface area (Å²) in [7, 11) is 1.94. The maximum Gasteiger partial charge on any atom is 0.340 e. The molecule has 1 N–H and O–H groups in total. The third kappa shape index (κ3) is 3.40. The Labute approximate surface area is 146 Å². The summed E-state index contributed by atoms with van der Waals surface area (Å²) in [5, 5.41) is 2.82. The number of nitrogens with zero attached hydrogens (tertiary/aromatic N) is 3. The molecule has 0 unspecified atom stereocenters. The first-order valence-electron chi connectivity index (χ1n) is 8.12. The van der Waals surface area contributed by atoms with E-state index in [1.807, 2.05) is 18.0 Å². The van der Waals surface area contributed by atoms with Gasteiger partial charge in [0.1, 0.15) is 0 Å². The van der Waals surface area contributed by atoms with Gasteiger partial charge in [-0.15, -0.1) is 0 Å². The fraction of sp³-hybridized carbons (Fsp3) is 0.278. The van der Waals surface area contributed by atoms with E-state index in [4.69, 9.17) is 4.74 Å². The number of carbonyl (C=O) groups is 2. The smallest absolute Gasteiger partial charge is 0.340 e. The Morgan fingerprint density at radius 2 is 2.00 bits per heavy atom. The highest BCUT2D eigenvalue weighted by molar-refractivity contribution is 6.07. The van der Waals surface area contributed by atoms with Gasteiger partial charge < -0.3 is 15.0 Å². The van der Waals surface area contributed by atoms with Crippen molar-refractivity contribution in [1.29, 1.82) is 0 Å². The number of esters is 1. The summed E-state index contributed by atoms with van der Waals surface area (Å²) < 4.78 is 5.05. The van der Waals surface area contributed by atoms with E-state index < -0.39 is 5.97 Å². The molecule has 7 heteroatoms. The van der Waals surface area contributed by atoms with E-state index in [9.17, 15) is 9.59 Å². The number of nitrogens with one attached hydrogen (secondary N) is 1. The third-order valence-corrected chi connectivity index (χ3v) is 3.99. The quantitative estimate of drug-likeness (QED) is 0.870. The number of hydrogen-bond donors (Lipinski definition) is 1. The number of para-hydroxylation sites is 1. The fourth-order valence-electron chi connectivity index (χ4n) is 2.74. The van der Waals surface area contributed by atoms with Crippen LogP contribution in [0.25, 0.3) is 0 Å². The van der Waals surface area contributed by atoms with Crippen LogP contribution in [0.3, 0.4) is 0 Å². The summed E-state index contributed by atoms with van der Waals surface area (Å²) in [6.45, 7) is 3.23. The number of amides is 2. The summed E-state index contributed by atoms with van der Waals surface area (Å²) >= 11 is 0. The molecule has 0 bridgehead atoms. The number of benzene rings is 1. The summed E-state index contributed by atoms with van der Waals surface area (Å²) in [5.41, 5.74) is 1.50. The molecule has 0 saturated heterocycles. The minimum Gasteiger partial charge on any atom is -0.462 e. The lowest BCUT2D eigenvalue weighted by Crippen LogP contribution is -2.45. The first-order chi connectivity index (χ1) is 12.1. The molecule has 0 saturated carbocycles. The zero-order valence-corrected chi connectivity index (χ0v) is 14.2. The molecule has 2 amide bonds. The van der Waals surface area contributed by atoms with E-state index in [-0.39, 0.29) is 12.6 Å². The van der Waals surface area contributed by atoms with E-state index >= 15 is 0 Å². The summed E-state index contributed by atoms with van der Waals surface area (Å²) in [5.74, 6) is 0.293. The Balaban J connectivity index is 1.85. The largest absolute Gasteiger partial charge is 0.462 e. The van der Waals surface area contributed by atoms with Crippen molar-refractivity contribution in [2.75, 3.05) is 41.9 Å². The van der Waals surface area contributed by atoms with Crippen molar-refractivity contribution in [2.45, 2.75) is 6.92 Å². The number of anilines is 3. The van der Waals surface area contributed by atoms with Crippen molar-refractivity contribution in [3.63, 3.8) is 0 Å². The Bertz CT molecular complexity index is 793. The number of pyridine rings is 1. The second kappa shape index (κ2) is 7.21. The highest BCUT2D eigenvalue weighted by atomic mass is 16.5. The van der Waals surface area contributed by atoms with Gasteiger partial charge in [0.05, 0.1) is 23.5 Å². The van der Waals surface area contributed by atoms with Crippen LogP contribution in [-0.2, 0) is 4.74 Å². The zero-order chi connectivity index (χ0) is 17.8. The Kier molecular flexibility index (Phi) is 4.83. The topological polar surface area (TPSA) is 74.8 Å². The molecule has 25 heavy (non-hydrogen) atoms. The summed E-state index contributed by atoms with van der Waals surface area (Å²) in [4.78, 5) is 32.8. The van der Waals surface area contributed by atoms with Crippen molar-refractivity contribution in [3.8, 4) is 0 Å². The lowest BCUT2D eigenvalue weighted by atomic mass is 10.2. The van der Waals surface area contributed by atoms with Crippen LogP contribution >= 0.6 is 0 Å². The fourth-order valence-corrected chi connectivity index (χ4v) is 2.74. The minimum absolute atomic E-state index is 0.276. The van der Waals surface area contributed by atoms with E-state index in [0.717, 1.165) is 11.5 Å². The van der Waals surface area contributed by atoms with Gasteiger partial charge in [0.15, 0.2) is 5.82 Å². The molecule has 3 rings (SSSR count). The van der Waals surface area contributed by atoms with Crippen LogP contribution < -0.4 is 15.1 Å². The van der Waals surface area contributed by atoms with Crippen molar-refractivity contribution < 1.29 is 14.3 Å². The molecule has 2 heterocycles. The number of urea groups is 1. The predicted octanol–water partition coefficient (Wildman–Crippen LogP) is 2.75. The van der Waals surface area contributed by atoms with E-state index in [2.05, 4.69) is 10.3 Å². The minimum atomic E-state index is -0.459. The molecule has 1 aromatic heterocycles. The van der Waals surface area contributed by atoms with Gasteiger partial charge in [0, 0.05) is 26.3 Å². The number of fused-ring (bicyclic) bond motifs is 1. The van der Waals surface area contributed by atoms with Crippen molar-refractivity contribution >= 4 is 29.2 Å². The molecule has 0 atom stereocenters. The van der Waals surface area contributed by atoms with Crippen LogP contribution in [0.4, 0.5) is 22.0 Å². The van der Waals surface area contributed by atoms with Gasteiger partial charge in [0.2, 0.25) is 0 Å². The van der Waals surface area contributed by atoms with Crippen molar-refractivity contribution in [3.05, 3.63) is 48.2 Å². The molecule has 1 aliphatic rings. The lowest BCUT2D eigenvalue weighted by Gasteiger charge is -2.34. The molecule has 130 valence electrons.